The van der Waals surface area contributed by atoms with Crippen molar-refractivity contribution in [2.45, 2.75) is 13.5 Å². The fourth-order valence-electron chi connectivity index (χ4n) is 1.25. The number of rotatable bonds is 3. The predicted octanol–water partition coefficient (Wildman–Crippen LogP) is 2.81. The lowest BCUT2D eigenvalue weighted by atomic mass is 10.3. The third-order valence-corrected chi connectivity index (χ3v) is 3.20. The van der Waals surface area contributed by atoms with Crippen molar-refractivity contribution < 1.29 is 9.53 Å². The lowest BCUT2D eigenvalue weighted by Gasteiger charge is -2.03. The standard InChI is InChI=1S/C12H11NO2S/c1-9-4-6-16-11(9)8-15-12(14)10-3-2-5-13-7-10/h2-7H,8H2,1H3. The van der Waals surface area contributed by atoms with Gasteiger partial charge in [-0.3, -0.25) is 4.98 Å². The zero-order chi connectivity index (χ0) is 11.4. The van der Waals surface area contributed by atoms with Gasteiger partial charge >= 0.3 is 5.97 Å². The topological polar surface area (TPSA) is 39.2 Å². The number of aryl methyl sites for hydroxylation is 1. The minimum absolute atomic E-state index is 0.331. The molecule has 0 aliphatic rings. The highest BCUT2D eigenvalue weighted by Crippen LogP contribution is 2.17. The number of nitrogens with zero attached hydrogens (tertiary/aromatic N) is 1. The molecule has 2 aromatic heterocycles. The summed E-state index contributed by atoms with van der Waals surface area (Å²) >= 11 is 1.59. The maximum absolute atomic E-state index is 11.6. The SMILES string of the molecule is Cc1ccsc1COC(=O)c1cccnc1. The molecule has 0 amide bonds. The van der Waals surface area contributed by atoms with E-state index in [1.54, 1.807) is 29.7 Å². The number of aromatic nitrogens is 1. The first-order valence-corrected chi connectivity index (χ1v) is 5.75. The second-order valence-electron chi connectivity index (χ2n) is 3.34. The molecule has 16 heavy (non-hydrogen) atoms. The Hall–Kier alpha value is -1.68. The zero-order valence-electron chi connectivity index (χ0n) is 8.84. The predicted molar refractivity (Wildman–Crippen MR) is 62.4 cm³/mol. The zero-order valence-corrected chi connectivity index (χ0v) is 9.66. The highest BCUT2D eigenvalue weighted by atomic mass is 32.1. The van der Waals surface area contributed by atoms with Crippen LogP contribution in [0.3, 0.4) is 0 Å². The van der Waals surface area contributed by atoms with E-state index in [1.165, 1.54) is 6.20 Å². The molecule has 0 spiro atoms. The maximum atomic E-state index is 11.6. The van der Waals surface area contributed by atoms with Gasteiger partial charge in [0.25, 0.3) is 0 Å². The van der Waals surface area contributed by atoms with Crippen LogP contribution < -0.4 is 0 Å². The summed E-state index contributed by atoms with van der Waals surface area (Å²) in [5.74, 6) is -0.332. The Morgan fingerprint density at radius 3 is 3.00 bits per heavy atom. The van der Waals surface area contributed by atoms with E-state index in [9.17, 15) is 4.79 Å². The molecule has 82 valence electrons. The van der Waals surface area contributed by atoms with Crippen molar-refractivity contribution in [3.63, 3.8) is 0 Å². The molecule has 0 N–H and O–H groups in total. The molecule has 0 radical (unpaired) electrons. The van der Waals surface area contributed by atoms with E-state index in [-0.39, 0.29) is 5.97 Å². The maximum Gasteiger partial charge on any atom is 0.340 e. The Labute approximate surface area is 97.7 Å². The molecular weight excluding hydrogens is 222 g/mol. The van der Waals surface area contributed by atoms with Gasteiger partial charge in [0.05, 0.1) is 5.56 Å². The second kappa shape index (κ2) is 4.90. The number of pyridine rings is 1. The van der Waals surface area contributed by atoms with Crippen molar-refractivity contribution in [3.05, 3.63) is 52.0 Å². The number of hydrogen-bond donors (Lipinski definition) is 0. The molecule has 0 saturated carbocycles. The van der Waals surface area contributed by atoms with Crippen LogP contribution in [0.4, 0.5) is 0 Å². The number of carbonyl (C=O) groups is 1. The summed E-state index contributed by atoms with van der Waals surface area (Å²) in [7, 11) is 0. The van der Waals surface area contributed by atoms with E-state index in [4.69, 9.17) is 4.74 Å². The molecule has 3 nitrogen and oxygen atoms in total. The van der Waals surface area contributed by atoms with Gasteiger partial charge in [-0.1, -0.05) is 0 Å². The van der Waals surface area contributed by atoms with Crippen molar-refractivity contribution in [1.29, 1.82) is 0 Å². The van der Waals surface area contributed by atoms with Gasteiger partial charge in [0.2, 0.25) is 0 Å². The van der Waals surface area contributed by atoms with Crippen molar-refractivity contribution in [3.8, 4) is 0 Å². The Morgan fingerprint density at radius 2 is 2.38 bits per heavy atom. The van der Waals surface area contributed by atoms with Crippen LogP contribution in [0.15, 0.2) is 36.0 Å². The third kappa shape index (κ3) is 2.46. The third-order valence-electron chi connectivity index (χ3n) is 2.20. The summed E-state index contributed by atoms with van der Waals surface area (Å²) in [5.41, 5.74) is 1.64. The van der Waals surface area contributed by atoms with Crippen LogP contribution in [0.1, 0.15) is 20.8 Å². The van der Waals surface area contributed by atoms with Crippen molar-refractivity contribution >= 4 is 17.3 Å². The van der Waals surface area contributed by atoms with Crippen LogP contribution >= 0.6 is 11.3 Å². The highest BCUT2D eigenvalue weighted by Gasteiger charge is 2.08. The number of thiophene rings is 1. The van der Waals surface area contributed by atoms with Crippen molar-refractivity contribution in [1.82, 2.24) is 4.98 Å². The van der Waals surface area contributed by atoms with Gasteiger partial charge in [-0.15, -0.1) is 11.3 Å². The summed E-state index contributed by atoms with van der Waals surface area (Å²) in [5, 5.41) is 1.99. The quantitative estimate of drug-likeness (QED) is 0.765. The van der Waals surface area contributed by atoms with E-state index >= 15 is 0 Å². The minimum atomic E-state index is -0.332. The van der Waals surface area contributed by atoms with Crippen LogP contribution in [0.5, 0.6) is 0 Å². The average molecular weight is 233 g/mol. The van der Waals surface area contributed by atoms with Crippen LogP contribution in [-0.4, -0.2) is 11.0 Å². The Kier molecular flexibility index (Phi) is 3.31. The molecule has 0 aromatic carbocycles. The van der Waals surface area contributed by atoms with E-state index < -0.39 is 0 Å². The molecule has 0 unspecified atom stereocenters. The summed E-state index contributed by atoms with van der Waals surface area (Å²) in [6, 6.07) is 5.42. The van der Waals surface area contributed by atoms with E-state index in [1.807, 2.05) is 18.4 Å². The smallest absolute Gasteiger partial charge is 0.340 e. The average Bonchev–Trinajstić information content (AvgIpc) is 2.73. The lowest BCUT2D eigenvalue weighted by molar-refractivity contribution is 0.0476. The van der Waals surface area contributed by atoms with E-state index in [0.717, 1.165) is 10.4 Å². The second-order valence-corrected chi connectivity index (χ2v) is 4.35. The largest absolute Gasteiger partial charge is 0.456 e. The van der Waals surface area contributed by atoms with Crippen LogP contribution in [0.25, 0.3) is 0 Å². The summed E-state index contributed by atoms with van der Waals surface area (Å²) in [6.45, 7) is 2.33. The van der Waals surface area contributed by atoms with Crippen LogP contribution in [0.2, 0.25) is 0 Å². The normalized spacial score (nSPS) is 10.1. The van der Waals surface area contributed by atoms with Gasteiger partial charge in [0, 0.05) is 17.3 Å². The molecule has 0 atom stereocenters. The van der Waals surface area contributed by atoms with Crippen molar-refractivity contribution in [2.75, 3.05) is 0 Å². The van der Waals surface area contributed by atoms with Gasteiger partial charge in [-0.05, 0) is 36.1 Å². The number of esters is 1. The molecule has 2 rings (SSSR count). The van der Waals surface area contributed by atoms with Gasteiger partial charge < -0.3 is 4.74 Å². The molecule has 0 aliphatic heterocycles. The Balaban J connectivity index is 1.97. The van der Waals surface area contributed by atoms with Crippen LogP contribution in [-0.2, 0) is 11.3 Å². The molecule has 0 fully saturated rings. The summed E-state index contributed by atoms with van der Waals surface area (Å²) in [4.78, 5) is 16.5. The Bertz CT molecular complexity index is 479. The monoisotopic (exact) mass is 233 g/mol. The number of carbonyl (C=O) groups excluding carboxylic acids is 1. The Morgan fingerprint density at radius 1 is 1.50 bits per heavy atom. The summed E-state index contributed by atoms with van der Waals surface area (Å²) < 4.78 is 5.18. The van der Waals surface area contributed by atoms with Gasteiger partial charge in [0.15, 0.2) is 0 Å². The molecular formula is C12H11NO2S. The van der Waals surface area contributed by atoms with Crippen LogP contribution in [0, 0.1) is 6.92 Å². The molecule has 0 bridgehead atoms. The lowest BCUT2D eigenvalue weighted by Crippen LogP contribution is -2.05. The molecule has 4 heteroatoms. The minimum Gasteiger partial charge on any atom is -0.456 e. The van der Waals surface area contributed by atoms with E-state index in [2.05, 4.69) is 4.98 Å². The number of ether oxygens (including phenoxy) is 1. The first kappa shape index (κ1) is 10.8. The first-order valence-electron chi connectivity index (χ1n) is 4.87. The highest BCUT2D eigenvalue weighted by molar-refractivity contribution is 7.10. The van der Waals surface area contributed by atoms with E-state index in [0.29, 0.717) is 12.2 Å². The molecule has 0 saturated heterocycles. The first-order chi connectivity index (χ1) is 7.77. The van der Waals surface area contributed by atoms with Gasteiger partial charge in [0.1, 0.15) is 6.61 Å². The number of hydrogen-bond acceptors (Lipinski definition) is 4. The molecule has 0 aliphatic carbocycles. The van der Waals surface area contributed by atoms with Gasteiger partial charge in [-0.25, -0.2) is 4.79 Å². The fourth-order valence-corrected chi connectivity index (χ4v) is 2.07. The van der Waals surface area contributed by atoms with Crippen molar-refractivity contribution in [2.24, 2.45) is 0 Å². The van der Waals surface area contributed by atoms with Gasteiger partial charge in [-0.2, -0.15) is 0 Å². The summed E-state index contributed by atoms with van der Waals surface area (Å²) in [6.07, 6.45) is 3.13. The fraction of sp³-hybridized carbons (Fsp3) is 0.167. The molecule has 2 heterocycles. The molecule has 2 aromatic rings.